The first-order chi connectivity index (χ1) is 6.70. The number of benzene rings is 1. The van der Waals surface area contributed by atoms with Gasteiger partial charge in [0.2, 0.25) is 5.91 Å². The Balaban J connectivity index is 2.36. The van der Waals surface area contributed by atoms with Gasteiger partial charge in [-0.15, -0.1) is 0 Å². The summed E-state index contributed by atoms with van der Waals surface area (Å²) in [5.74, 6) is 0.0438. The quantitative estimate of drug-likeness (QED) is 0.809. The largest absolute Gasteiger partial charge is 0.372 e. The molecule has 3 nitrogen and oxygen atoms in total. The highest BCUT2D eigenvalue weighted by Crippen LogP contribution is 2.30. The van der Waals surface area contributed by atoms with Crippen LogP contribution < -0.4 is 10.6 Å². The monoisotopic (exact) mass is 254 g/mol. The minimum Gasteiger partial charge on any atom is -0.372 e. The highest BCUT2D eigenvalue weighted by Gasteiger charge is 2.23. The molecule has 1 unspecified atom stereocenters. The van der Waals surface area contributed by atoms with Crippen LogP contribution in [0.1, 0.15) is 13.3 Å². The summed E-state index contributed by atoms with van der Waals surface area (Å²) in [5.41, 5.74) is 1.83. The maximum Gasteiger partial charge on any atom is 0.246 e. The number of carbonyl (C=O) groups excluding carboxylic acids is 1. The van der Waals surface area contributed by atoms with Gasteiger partial charge in [-0.2, -0.15) is 0 Å². The first-order valence-electron chi connectivity index (χ1n) is 4.57. The van der Waals surface area contributed by atoms with Crippen molar-refractivity contribution in [1.82, 2.24) is 0 Å². The number of hydrogen-bond acceptors (Lipinski definition) is 2. The van der Waals surface area contributed by atoms with Crippen molar-refractivity contribution in [2.75, 3.05) is 10.6 Å². The molecule has 2 N–H and O–H groups in total. The van der Waals surface area contributed by atoms with Gasteiger partial charge in [0.15, 0.2) is 0 Å². The van der Waals surface area contributed by atoms with Gasteiger partial charge >= 0.3 is 0 Å². The molecule has 74 valence electrons. The SMILES string of the molecule is CCC1Nc2cc(Br)ccc2NC1=O. The maximum absolute atomic E-state index is 11.5. The maximum atomic E-state index is 11.5. The fourth-order valence-electron chi connectivity index (χ4n) is 1.51. The lowest BCUT2D eigenvalue weighted by atomic mass is 10.1. The van der Waals surface area contributed by atoms with Crippen LogP contribution in [-0.4, -0.2) is 11.9 Å². The summed E-state index contributed by atoms with van der Waals surface area (Å²) in [7, 11) is 0. The zero-order valence-electron chi connectivity index (χ0n) is 7.80. The molecule has 0 saturated carbocycles. The van der Waals surface area contributed by atoms with Crippen LogP contribution in [0.2, 0.25) is 0 Å². The van der Waals surface area contributed by atoms with E-state index in [0.29, 0.717) is 0 Å². The molecule has 1 aromatic rings. The van der Waals surface area contributed by atoms with E-state index in [-0.39, 0.29) is 11.9 Å². The smallest absolute Gasteiger partial charge is 0.246 e. The molecule has 1 aliphatic rings. The third-order valence-corrected chi connectivity index (χ3v) is 2.79. The molecule has 14 heavy (non-hydrogen) atoms. The van der Waals surface area contributed by atoms with E-state index < -0.39 is 0 Å². The highest BCUT2D eigenvalue weighted by atomic mass is 79.9. The molecule has 0 aliphatic carbocycles. The molecule has 0 bridgehead atoms. The lowest BCUT2D eigenvalue weighted by molar-refractivity contribution is -0.117. The van der Waals surface area contributed by atoms with E-state index in [9.17, 15) is 4.79 Å². The Morgan fingerprint density at radius 3 is 2.93 bits per heavy atom. The molecule has 0 aromatic heterocycles. The summed E-state index contributed by atoms with van der Waals surface area (Å²) in [5, 5.41) is 6.06. The predicted molar refractivity (Wildman–Crippen MR) is 60.5 cm³/mol. The molecule has 1 amide bonds. The van der Waals surface area contributed by atoms with Crippen LogP contribution in [0.15, 0.2) is 22.7 Å². The average Bonchev–Trinajstić information content (AvgIpc) is 2.17. The normalized spacial score (nSPS) is 19.6. The van der Waals surface area contributed by atoms with Crippen molar-refractivity contribution in [1.29, 1.82) is 0 Å². The number of anilines is 2. The molecule has 0 spiro atoms. The number of nitrogens with one attached hydrogen (secondary N) is 2. The van der Waals surface area contributed by atoms with Crippen LogP contribution in [0.5, 0.6) is 0 Å². The summed E-state index contributed by atoms with van der Waals surface area (Å²) < 4.78 is 1.01. The zero-order valence-corrected chi connectivity index (χ0v) is 9.39. The second kappa shape index (κ2) is 3.61. The number of halogens is 1. The van der Waals surface area contributed by atoms with Crippen molar-refractivity contribution in [3.05, 3.63) is 22.7 Å². The number of rotatable bonds is 1. The van der Waals surface area contributed by atoms with Gasteiger partial charge in [0.1, 0.15) is 6.04 Å². The highest BCUT2D eigenvalue weighted by molar-refractivity contribution is 9.10. The lowest BCUT2D eigenvalue weighted by Crippen LogP contribution is -2.38. The molecule has 1 atom stereocenters. The van der Waals surface area contributed by atoms with Crippen LogP contribution in [0, 0.1) is 0 Å². The second-order valence-corrected chi connectivity index (χ2v) is 4.20. The van der Waals surface area contributed by atoms with E-state index >= 15 is 0 Å². The summed E-state index contributed by atoms with van der Waals surface area (Å²) >= 11 is 3.39. The Morgan fingerprint density at radius 2 is 2.21 bits per heavy atom. The Kier molecular flexibility index (Phi) is 2.46. The van der Waals surface area contributed by atoms with Gasteiger partial charge in [0.05, 0.1) is 11.4 Å². The molecule has 1 aliphatic heterocycles. The Morgan fingerprint density at radius 1 is 1.43 bits per heavy atom. The van der Waals surface area contributed by atoms with Gasteiger partial charge in [0.25, 0.3) is 0 Å². The fraction of sp³-hybridized carbons (Fsp3) is 0.300. The van der Waals surface area contributed by atoms with E-state index in [1.54, 1.807) is 0 Å². The molecule has 1 heterocycles. The summed E-state index contributed by atoms with van der Waals surface area (Å²) in [6.07, 6.45) is 0.789. The number of amides is 1. The van der Waals surface area contributed by atoms with Gasteiger partial charge in [-0.3, -0.25) is 4.79 Å². The minimum absolute atomic E-state index is 0.0438. The Hall–Kier alpha value is -1.03. The van der Waals surface area contributed by atoms with E-state index in [4.69, 9.17) is 0 Å². The zero-order chi connectivity index (χ0) is 10.1. The van der Waals surface area contributed by atoms with Crippen molar-refractivity contribution in [3.63, 3.8) is 0 Å². The molecular weight excluding hydrogens is 244 g/mol. The lowest BCUT2D eigenvalue weighted by Gasteiger charge is -2.25. The Labute approximate surface area is 91.0 Å². The van der Waals surface area contributed by atoms with Crippen molar-refractivity contribution < 1.29 is 4.79 Å². The topological polar surface area (TPSA) is 41.1 Å². The van der Waals surface area contributed by atoms with Gasteiger partial charge in [-0.1, -0.05) is 22.9 Å². The van der Waals surface area contributed by atoms with Gasteiger partial charge < -0.3 is 10.6 Å². The van der Waals surface area contributed by atoms with Gasteiger partial charge in [-0.25, -0.2) is 0 Å². The first kappa shape index (κ1) is 9.52. The van der Waals surface area contributed by atoms with E-state index in [2.05, 4.69) is 26.6 Å². The van der Waals surface area contributed by atoms with E-state index in [1.807, 2.05) is 25.1 Å². The van der Waals surface area contributed by atoms with E-state index in [0.717, 1.165) is 22.3 Å². The van der Waals surface area contributed by atoms with Crippen molar-refractivity contribution >= 4 is 33.2 Å². The van der Waals surface area contributed by atoms with Crippen molar-refractivity contribution in [2.45, 2.75) is 19.4 Å². The van der Waals surface area contributed by atoms with Gasteiger partial charge in [0, 0.05) is 4.47 Å². The summed E-state index contributed by atoms with van der Waals surface area (Å²) in [6.45, 7) is 1.99. The van der Waals surface area contributed by atoms with Crippen molar-refractivity contribution in [3.8, 4) is 0 Å². The number of carbonyl (C=O) groups is 1. The summed E-state index contributed by atoms with van der Waals surface area (Å²) in [4.78, 5) is 11.5. The minimum atomic E-state index is -0.114. The molecule has 2 rings (SSSR count). The average molecular weight is 255 g/mol. The predicted octanol–water partition coefficient (Wildman–Crippen LogP) is 2.59. The van der Waals surface area contributed by atoms with Gasteiger partial charge in [-0.05, 0) is 24.6 Å². The van der Waals surface area contributed by atoms with E-state index in [1.165, 1.54) is 0 Å². The van der Waals surface area contributed by atoms with Crippen LogP contribution in [0.3, 0.4) is 0 Å². The second-order valence-electron chi connectivity index (χ2n) is 3.28. The van der Waals surface area contributed by atoms with Crippen LogP contribution in [-0.2, 0) is 4.79 Å². The third kappa shape index (κ3) is 1.62. The number of fused-ring (bicyclic) bond motifs is 1. The third-order valence-electron chi connectivity index (χ3n) is 2.29. The molecule has 0 fully saturated rings. The molecule has 0 saturated heterocycles. The number of hydrogen-bond donors (Lipinski definition) is 2. The molecule has 4 heteroatoms. The van der Waals surface area contributed by atoms with Crippen LogP contribution in [0.4, 0.5) is 11.4 Å². The molecule has 0 radical (unpaired) electrons. The molecule has 1 aromatic carbocycles. The summed E-state index contributed by atoms with van der Waals surface area (Å²) in [6, 6.07) is 5.65. The van der Waals surface area contributed by atoms with Crippen LogP contribution >= 0.6 is 15.9 Å². The van der Waals surface area contributed by atoms with Crippen molar-refractivity contribution in [2.24, 2.45) is 0 Å². The first-order valence-corrected chi connectivity index (χ1v) is 5.37. The fourth-order valence-corrected chi connectivity index (χ4v) is 1.87. The molecular formula is C10H11BrN2O. The standard InChI is InChI=1S/C10H11BrN2O/c1-2-7-10(14)13-8-4-3-6(11)5-9(8)12-7/h3-5,7,12H,2H2,1H3,(H,13,14). The Bertz CT molecular complexity index is 378. The van der Waals surface area contributed by atoms with Crippen LogP contribution in [0.25, 0.3) is 0 Å².